The number of aromatic nitrogens is 4. The Labute approximate surface area is 183 Å². The van der Waals surface area contributed by atoms with Crippen molar-refractivity contribution < 1.29 is 4.74 Å². The van der Waals surface area contributed by atoms with Crippen LogP contribution in [-0.4, -0.2) is 57.5 Å². The largest absolute Gasteiger partial charge is 0.378 e. The fraction of sp³-hybridized carbons (Fsp3) is 0.696. The molecule has 0 spiro atoms. The summed E-state index contributed by atoms with van der Waals surface area (Å²) in [4.78, 5) is 25.8. The van der Waals surface area contributed by atoms with Gasteiger partial charge < -0.3 is 14.6 Å². The Hall–Kier alpha value is -2.19. The second-order valence-corrected chi connectivity index (χ2v) is 9.28. The highest BCUT2D eigenvalue weighted by molar-refractivity contribution is 5.50. The average Bonchev–Trinajstić information content (AvgIpc) is 3.07. The van der Waals surface area contributed by atoms with E-state index < -0.39 is 0 Å². The maximum absolute atomic E-state index is 12.9. The van der Waals surface area contributed by atoms with Crippen LogP contribution in [0, 0.1) is 6.92 Å². The van der Waals surface area contributed by atoms with Crippen LogP contribution in [0.4, 0.5) is 5.82 Å². The summed E-state index contributed by atoms with van der Waals surface area (Å²) in [6, 6.07) is 0. The van der Waals surface area contributed by atoms with Crippen LogP contribution < -0.4 is 10.5 Å². The smallest absolute Gasteiger partial charge is 0.255 e. The molecular weight excluding hydrogens is 392 g/mol. The minimum absolute atomic E-state index is 0.0617. The van der Waals surface area contributed by atoms with Crippen LogP contribution in [0.15, 0.2) is 4.79 Å². The third-order valence-corrected chi connectivity index (χ3v) is 7.16. The van der Waals surface area contributed by atoms with Gasteiger partial charge in [-0.2, -0.15) is 5.10 Å². The molecule has 2 fully saturated rings. The Morgan fingerprint density at radius 2 is 1.90 bits per heavy atom. The summed E-state index contributed by atoms with van der Waals surface area (Å²) in [5.41, 5.74) is 4.24. The Morgan fingerprint density at radius 3 is 2.68 bits per heavy atom. The first kappa shape index (κ1) is 20.7. The molecule has 4 heterocycles. The van der Waals surface area contributed by atoms with Gasteiger partial charge in [0, 0.05) is 57.7 Å². The van der Waals surface area contributed by atoms with Gasteiger partial charge in [0.15, 0.2) is 0 Å². The van der Waals surface area contributed by atoms with Gasteiger partial charge in [-0.3, -0.25) is 14.4 Å². The SMILES string of the molecule is Cc1nn(C)c(N2CCOCC2)c1CN1CCc2nc(C3CCCCC3)[nH]c(=O)c2C1. The minimum Gasteiger partial charge on any atom is -0.378 e. The van der Waals surface area contributed by atoms with Crippen LogP contribution in [0.5, 0.6) is 0 Å². The summed E-state index contributed by atoms with van der Waals surface area (Å²) in [7, 11) is 2.02. The number of aryl methyl sites for hydroxylation is 2. The van der Waals surface area contributed by atoms with Crippen molar-refractivity contribution >= 4 is 5.82 Å². The van der Waals surface area contributed by atoms with Gasteiger partial charge in [0.1, 0.15) is 11.6 Å². The Morgan fingerprint density at radius 1 is 1.13 bits per heavy atom. The predicted octanol–water partition coefficient (Wildman–Crippen LogP) is 2.25. The maximum Gasteiger partial charge on any atom is 0.255 e. The van der Waals surface area contributed by atoms with E-state index in [-0.39, 0.29) is 5.56 Å². The monoisotopic (exact) mass is 426 g/mol. The van der Waals surface area contributed by atoms with Crippen LogP contribution in [0.25, 0.3) is 0 Å². The maximum atomic E-state index is 12.9. The van der Waals surface area contributed by atoms with E-state index in [1.54, 1.807) is 0 Å². The molecule has 0 atom stereocenters. The molecule has 8 nitrogen and oxygen atoms in total. The second-order valence-electron chi connectivity index (χ2n) is 9.28. The zero-order valence-corrected chi connectivity index (χ0v) is 18.8. The van der Waals surface area contributed by atoms with Crippen molar-refractivity contribution in [3.63, 3.8) is 0 Å². The van der Waals surface area contributed by atoms with Crippen LogP contribution in [0.2, 0.25) is 0 Å². The third kappa shape index (κ3) is 4.15. The van der Waals surface area contributed by atoms with Crippen molar-refractivity contribution in [2.45, 2.75) is 64.5 Å². The molecule has 0 unspecified atom stereocenters. The third-order valence-electron chi connectivity index (χ3n) is 7.16. The van der Waals surface area contributed by atoms with Crippen molar-refractivity contribution in [2.75, 3.05) is 37.7 Å². The number of morpholine rings is 1. The number of anilines is 1. The van der Waals surface area contributed by atoms with E-state index in [0.717, 1.165) is 81.4 Å². The van der Waals surface area contributed by atoms with E-state index >= 15 is 0 Å². The van der Waals surface area contributed by atoms with Gasteiger partial charge in [0.05, 0.1) is 30.2 Å². The second kappa shape index (κ2) is 8.74. The molecule has 1 saturated heterocycles. The molecule has 2 aromatic rings. The molecule has 168 valence electrons. The topological polar surface area (TPSA) is 79.3 Å². The number of nitrogens with one attached hydrogen (secondary N) is 1. The van der Waals surface area contributed by atoms with Crippen LogP contribution in [-0.2, 0) is 31.3 Å². The van der Waals surface area contributed by atoms with Gasteiger partial charge in [-0.1, -0.05) is 19.3 Å². The molecule has 8 heteroatoms. The first-order valence-electron chi connectivity index (χ1n) is 11.8. The summed E-state index contributed by atoms with van der Waals surface area (Å²) in [6.07, 6.45) is 6.94. The lowest BCUT2D eigenvalue weighted by atomic mass is 9.88. The van der Waals surface area contributed by atoms with E-state index in [1.807, 2.05) is 11.7 Å². The van der Waals surface area contributed by atoms with Crippen molar-refractivity contribution in [3.8, 4) is 0 Å². The van der Waals surface area contributed by atoms with E-state index in [0.29, 0.717) is 12.5 Å². The molecule has 5 rings (SSSR count). The summed E-state index contributed by atoms with van der Waals surface area (Å²) in [5.74, 6) is 2.54. The highest BCUT2D eigenvalue weighted by Crippen LogP contribution is 2.31. The number of hydrogen-bond acceptors (Lipinski definition) is 6. The lowest BCUT2D eigenvalue weighted by Crippen LogP contribution is -2.39. The minimum atomic E-state index is 0.0617. The molecule has 0 radical (unpaired) electrons. The molecule has 1 saturated carbocycles. The van der Waals surface area contributed by atoms with E-state index in [4.69, 9.17) is 14.8 Å². The van der Waals surface area contributed by atoms with Gasteiger partial charge >= 0.3 is 0 Å². The molecule has 31 heavy (non-hydrogen) atoms. The van der Waals surface area contributed by atoms with E-state index in [2.05, 4.69) is 21.7 Å². The summed E-state index contributed by atoms with van der Waals surface area (Å²) < 4.78 is 7.54. The summed E-state index contributed by atoms with van der Waals surface area (Å²) in [6.45, 7) is 7.75. The highest BCUT2D eigenvalue weighted by Gasteiger charge is 2.27. The van der Waals surface area contributed by atoms with E-state index in [1.165, 1.54) is 30.6 Å². The molecule has 1 aliphatic carbocycles. The van der Waals surface area contributed by atoms with Crippen LogP contribution in [0.3, 0.4) is 0 Å². The Bertz CT molecular complexity index is 985. The van der Waals surface area contributed by atoms with Crippen LogP contribution >= 0.6 is 0 Å². The van der Waals surface area contributed by atoms with Gasteiger partial charge in [0.2, 0.25) is 0 Å². The van der Waals surface area contributed by atoms with Crippen molar-refractivity contribution in [1.82, 2.24) is 24.6 Å². The fourth-order valence-corrected chi connectivity index (χ4v) is 5.47. The number of aromatic amines is 1. The number of rotatable bonds is 4. The number of H-pyrrole nitrogens is 1. The lowest BCUT2D eigenvalue weighted by Gasteiger charge is -2.32. The zero-order valence-electron chi connectivity index (χ0n) is 18.8. The molecule has 0 bridgehead atoms. The molecular formula is C23H34N6O2. The van der Waals surface area contributed by atoms with Crippen molar-refractivity contribution in [3.05, 3.63) is 38.7 Å². The molecule has 1 N–H and O–H groups in total. The first-order chi connectivity index (χ1) is 15.1. The Kier molecular flexibility index (Phi) is 5.84. The van der Waals surface area contributed by atoms with E-state index in [9.17, 15) is 4.79 Å². The average molecular weight is 427 g/mol. The number of nitrogens with zero attached hydrogens (tertiary/aromatic N) is 5. The number of ether oxygens (including phenoxy) is 1. The summed E-state index contributed by atoms with van der Waals surface area (Å²) in [5, 5.41) is 4.70. The lowest BCUT2D eigenvalue weighted by molar-refractivity contribution is 0.122. The quantitative estimate of drug-likeness (QED) is 0.808. The Balaban J connectivity index is 1.35. The first-order valence-corrected chi connectivity index (χ1v) is 11.8. The molecule has 0 amide bonds. The normalized spacial score (nSPS) is 20.8. The van der Waals surface area contributed by atoms with Crippen molar-refractivity contribution in [2.24, 2.45) is 7.05 Å². The number of fused-ring (bicyclic) bond motifs is 1. The molecule has 2 aromatic heterocycles. The fourth-order valence-electron chi connectivity index (χ4n) is 5.47. The standard InChI is InChI=1S/C23H34N6O2/c1-16-18(23(27(2)26-16)29-10-12-31-13-11-29)14-28-9-8-20-19(15-28)22(30)25-21(24-20)17-6-4-3-5-7-17/h17H,3-15H2,1-2H3,(H,24,25,30). The van der Waals surface area contributed by atoms with Gasteiger partial charge in [0.25, 0.3) is 5.56 Å². The number of hydrogen-bond donors (Lipinski definition) is 1. The van der Waals surface area contributed by atoms with Gasteiger partial charge in [-0.05, 0) is 19.8 Å². The molecule has 2 aliphatic heterocycles. The van der Waals surface area contributed by atoms with Crippen molar-refractivity contribution in [1.29, 1.82) is 0 Å². The molecule has 3 aliphatic rings. The van der Waals surface area contributed by atoms with Gasteiger partial charge in [-0.15, -0.1) is 0 Å². The van der Waals surface area contributed by atoms with Gasteiger partial charge in [-0.25, -0.2) is 4.98 Å². The predicted molar refractivity (Wildman–Crippen MR) is 119 cm³/mol. The molecule has 0 aromatic carbocycles. The zero-order chi connectivity index (χ0) is 21.4. The summed E-state index contributed by atoms with van der Waals surface area (Å²) >= 11 is 0. The van der Waals surface area contributed by atoms with Crippen LogP contribution in [0.1, 0.15) is 66.4 Å². The highest BCUT2D eigenvalue weighted by atomic mass is 16.5.